The number of nitrogens with zero attached hydrogens (tertiary/aromatic N) is 2. The summed E-state index contributed by atoms with van der Waals surface area (Å²) in [4.78, 5) is 60.1. The van der Waals surface area contributed by atoms with Gasteiger partial charge in [-0.2, -0.15) is 0 Å². The van der Waals surface area contributed by atoms with Crippen molar-refractivity contribution in [2.45, 2.75) is 12.8 Å². The zero-order valence-electron chi connectivity index (χ0n) is 30.6. The lowest BCUT2D eigenvalue weighted by molar-refractivity contribution is 0.0877. The van der Waals surface area contributed by atoms with Gasteiger partial charge in [-0.15, -0.1) is 0 Å². The van der Waals surface area contributed by atoms with Crippen LogP contribution in [0.3, 0.4) is 0 Å². The molecule has 276 valence electrons. The van der Waals surface area contributed by atoms with Gasteiger partial charge >= 0.3 is 0 Å². The van der Waals surface area contributed by atoms with Crippen LogP contribution in [-0.4, -0.2) is 23.6 Å². The van der Waals surface area contributed by atoms with Crippen molar-refractivity contribution in [3.63, 3.8) is 0 Å². The molecule has 0 aliphatic carbocycles. The van der Waals surface area contributed by atoms with Crippen molar-refractivity contribution >= 4 is 110 Å². The summed E-state index contributed by atoms with van der Waals surface area (Å²) in [6.45, 7) is 0. The molecular weight excluding hydrogens is 852 g/mol. The third-order valence-electron chi connectivity index (χ3n) is 11.6. The van der Waals surface area contributed by atoms with Crippen molar-refractivity contribution in [2.24, 2.45) is 0 Å². The number of carbonyl (C=O) groups is 4. The van der Waals surface area contributed by atoms with E-state index >= 15 is 0 Å². The SMILES string of the molecule is O=C1c2ccc3c4c(Br)cc5c6c(ccc(c7c(Br)cc(c2c37)C(=O)N1c1ccc(Cc2ccccc2)cc1)c64)C(=O)N(c1ccc(Cc2ccccc2)cc1)C5=O. The number of hydrogen-bond donors (Lipinski definition) is 0. The summed E-state index contributed by atoms with van der Waals surface area (Å²) in [5, 5.41) is 5.91. The third kappa shape index (κ3) is 5.08. The summed E-state index contributed by atoms with van der Waals surface area (Å²) in [5.74, 6) is -1.60. The van der Waals surface area contributed by atoms with Gasteiger partial charge in [0.1, 0.15) is 0 Å². The van der Waals surface area contributed by atoms with Crippen molar-refractivity contribution in [1.29, 1.82) is 0 Å². The van der Waals surface area contributed by atoms with Crippen molar-refractivity contribution in [2.75, 3.05) is 9.80 Å². The Hall–Kier alpha value is -6.48. The van der Waals surface area contributed by atoms with Crippen molar-refractivity contribution in [3.8, 4) is 0 Å². The van der Waals surface area contributed by atoms with Crippen LogP contribution in [0.25, 0.3) is 43.1 Å². The van der Waals surface area contributed by atoms with E-state index in [9.17, 15) is 19.2 Å². The van der Waals surface area contributed by atoms with Crippen LogP contribution >= 0.6 is 31.9 Å². The van der Waals surface area contributed by atoms with E-state index in [0.717, 1.165) is 56.3 Å². The van der Waals surface area contributed by atoms with E-state index in [0.29, 0.717) is 53.3 Å². The number of rotatable bonds is 6. The van der Waals surface area contributed by atoms with Crippen molar-refractivity contribution in [1.82, 2.24) is 0 Å². The van der Waals surface area contributed by atoms with Gasteiger partial charge in [-0.05, 0) is 94.4 Å². The molecule has 0 fully saturated rings. The predicted molar refractivity (Wildman–Crippen MR) is 237 cm³/mol. The minimum absolute atomic E-state index is 0.396. The lowest BCUT2D eigenvalue weighted by Gasteiger charge is -2.31. The Balaban J connectivity index is 1.03. The smallest absolute Gasteiger partial charge is 0.266 e. The predicted octanol–water partition coefficient (Wildman–Crippen LogP) is 12.0. The number of imide groups is 2. The molecule has 58 heavy (non-hydrogen) atoms. The largest absolute Gasteiger partial charge is 0.268 e. The van der Waals surface area contributed by atoms with Crippen molar-refractivity contribution < 1.29 is 19.2 Å². The Morgan fingerprint density at radius 1 is 0.345 bits per heavy atom. The van der Waals surface area contributed by atoms with Crippen LogP contribution in [0.4, 0.5) is 11.4 Å². The molecule has 0 saturated heterocycles. The lowest BCUT2D eigenvalue weighted by atomic mass is 9.82. The van der Waals surface area contributed by atoms with Gasteiger partial charge in [0.05, 0.1) is 22.5 Å². The van der Waals surface area contributed by atoms with Crippen LogP contribution in [-0.2, 0) is 12.8 Å². The van der Waals surface area contributed by atoms with Gasteiger partial charge in [-0.1, -0.05) is 129 Å². The molecule has 9 aromatic rings. The average Bonchev–Trinajstić information content (AvgIpc) is 3.24. The molecule has 8 heteroatoms. The molecule has 2 heterocycles. The number of hydrogen-bond acceptors (Lipinski definition) is 4. The van der Waals surface area contributed by atoms with Crippen LogP contribution in [0.1, 0.15) is 63.7 Å². The highest BCUT2D eigenvalue weighted by Crippen LogP contribution is 2.51. The van der Waals surface area contributed by atoms with Gasteiger partial charge in [0, 0.05) is 52.4 Å². The van der Waals surface area contributed by atoms with Crippen LogP contribution < -0.4 is 9.80 Å². The zero-order chi connectivity index (χ0) is 39.4. The molecule has 0 unspecified atom stereocenters. The van der Waals surface area contributed by atoms with E-state index in [1.54, 1.807) is 24.3 Å². The van der Waals surface area contributed by atoms with Gasteiger partial charge < -0.3 is 0 Å². The number of halogens is 2. The maximum atomic E-state index is 14.4. The molecule has 0 atom stereocenters. The molecule has 9 aromatic carbocycles. The van der Waals surface area contributed by atoms with Crippen LogP contribution in [0.15, 0.2) is 155 Å². The molecule has 0 bridgehead atoms. The van der Waals surface area contributed by atoms with Gasteiger partial charge in [-0.25, -0.2) is 9.80 Å². The Kier molecular flexibility index (Phi) is 7.80. The molecule has 2 aliphatic heterocycles. The third-order valence-corrected chi connectivity index (χ3v) is 12.9. The first-order chi connectivity index (χ1) is 28.3. The van der Waals surface area contributed by atoms with Crippen molar-refractivity contribution in [3.05, 3.63) is 199 Å². The topological polar surface area (TPSA) is 74.8 Å². The molecular formula is C50H28Br2N2O4. The fourth-order valence-electron chi connectivity index (χ4n) is 9.03. The standard InChI is InChI=1S/C50H28Br2N2O4/c51-39-25-37-41-35(47(55)53(49(37)57)31-15-11-29(12-16-31)23-27-7-3-1-4-8-27)21-19-33-44-40(52)26-38-42-36(22-20-34(46(42)44)43(39)45(33)41)48(56)54(50(38)58)32-17-13-30(14-18-32)24-28-9-5-2-6-10-28/h1-22,25-26H,23-24H2. The van der Waals surface area contributed by atoms with E-state index in [-0.39, 0.29) is 0 Å². The summed E-state index contributed by atoms with van der Waals surface area (Å²) in [6.07, 6.45) is 1.47. The molecule has 6 nitrogen and oxygen atoms in total. The maximum Gasteiger partial charge on any atom is 0.266 e. The minimum atomic E-state index is -0.405. The second kappa shape index (κ2) is 13.0. The number of benzene rings is 9. The first kappa shape index (κ1) is 34.7. The monoisotopic (exact) mass is 878 g/mol. The van der Waals surface area contributed by atoms with Crippen LogP contribution in [0.5, 0.6) is 0 Å². The Morgan fingerprint density at radius 3 is 1.07 bits per heavy atom. The molecule has 11 rings (SSSR count). The second-order valence-corrected chi connectivity index (χ2v) is 16.6. The number of carbonyl (C=O) groups excluding carboxylic acids is 4. The summed E-state index contributed by atoms with van der Waals surface area (Å²) in [5.41, 5.74) is 7.17. The Bertz CT molecular complexity index is 3030. The lowest BCUT2D eigenvalue weighted by Crippen LogP contribution is -2.40. The molecule has 0 aromatic heterocycles. The molecule has 0 radical (unpaired) electrons. The molecule has 2 aliphatic rings. The van der Waals surface area contributed by atoms with Crippen LogP contribution in [0.2, 0.25) is 0 Å². The number of fused-ring (bicyclic) bond motifs is 2. The zero-order valence-corrected chi connectivity index (χ0v) is 33.7. The fraction of sp³-hybridized carbons (Fsp3) is 0.0400. The quantitative estimate of drug-likeness (QED) is 0.0947. The van der Waals surface area contributed by atoms with Gasteiger partial charge in [0.2, 0.25) is 0 Å². The molecule has 0 N–H and O–H groups in total. The maximum absolute atomic E-state index is 14.4. The summed E-state index contributed by atoms with van der Waals surface area (Å²) in [7, 11) is 0. The van der Waals surface area contributed by atoms with E-state index in [1.165, 1.54) is 20.9 Å². The highest BCUT2D eigenvalue weighted by atomic mass is 79.9. The fourth-order valence-corrected chi connectivity index (χ4v) is 10.3. The average molecular weight is 881 g/mol. The van der Waals surface area contributed by atoms with Gasteiger partial charge in [0.15, 0.2) is 0 Å². The normalized spacial score (nSPS) is 13.9. The highest BCUT2D eigenvalue weighted by Gasteiger charge is 2.39. The van der Waals surface area contributed by atoms with E-state index in [2.05, 4.69) is 56.1 Å². The van der Waals surface area contributed by atoms with E-state index in [4.69, 9.17) is 0 Å². The van der Waals surface area contributed by atoms with E-state index in [1.807, 2.05) is 97.1 Å². The first-order valence-corrected chi connectivity index (χ1v) is 20.5. The molecule has 0 spiro atoms. The van der Waals surface area contributed by atoms with E-state index < -0.39 is 23.6 Å². The summed E-state index contributed by atoms with van der Waals surface area (Å²) < 4.78 is 1.34. The summed E-state index contributed by atoms with van der Waals surface area (Å²) >= 11 is 7.66. The minimum Gasteiger partial charge on any atom is -0.268 e. The highest BCUT2D eigenvalue weighted by molar-refractivity contribution is 9.11. The first-order valence-electron chi connectivity index (χ1n) is 18.9. The number of amides is 4. The Morgan fingerprint density at radius 2 is 0.690 bits per heavy atom. The van der Waals surface area contributed by atoms with Crippen LogP contribution in [0, 0.1) is 0 Å². The second-order valence-electron chi connectivity index (χ2n) is 14.9. The number of anilines is 2. The molecule has 0 saturated carbocycles. The Labute approximate surface area is 348 Å². The van der Waals surface area contributed by atoms with Gasteiger partial charge in [0.25, 0.3) is 23.6 Å². The summed E-state index contributed by atoms with van der Waals surface area (Å²) in [6, 6.07) is 46.4. The van der Waals surface area contributed by atoms with Gasteiger partial charge in [-0.3, -0.25) is 19.2 Å². The molecule has 4 amide bonds.